The Kier molecular flexibility index (Phi) is 8.48. The first-order valence-corrected chi connectivity index (χ1v) is 20.4. The summed E-state index contributed by atoms with van der Waals surface area (Å²) < 4.78 is 4.82. The molecule has 4 heteroatoms. The molecule has 0 aliphatic heterocycles. The molecule has 13 heavy (non-hydrogen) atoms. The molecule has 0 saturated carbocycles. The van der Waals surface area contributed by atoms with Crippen molar-refractivity contribution in [3.63, 3.8) is 0 Å². The van der Waals surface area contributed by atoms with E-state index in [-0.39, 0.29) is 0 Å². The summed E-state index contributed by atoms with van der Waals surface area (Å²) in [6.07, 6.45) is 0. The summed E-state index contributed by atoms with van der Waals surface area (Å²) in [6, 6.07) is 0. The van der Waals surface area contributed by atoms with E-state index in [9.17, 15) is 0 Å². The molecule has 0 amide bonds. The Labute approximate surface area is 94.6 Å². The van der Waals surface area contributed by atoms with Crippen LogP contribution in [0.5, 0.6) is 0 Å². The molecule has 0 unspecified atom stereocenters. The van der Waals surface area contributed by atoms with Crippen LogP contribution in [-0.2, 0) is 0 Å². The molecule has 80 valence electrons. The third kappa shape index (κ3) is 31.9. The molecule has 0 heterocycles. The predicted octanol–water partition coefficient (Wildman–Crippen LogP) is 4.40. The molecule has 0 aliphatic rings. The molecule has 0 spiro atoms. The van der Waals surface area contributed by atoms with Crippen LogP contribution in [0.1, 0.15) is 0 Å². The van der Waals surface area contributed by atoms with Crippen LogP contribution in [0.15, 0.2) is 0 Å². The fourth-order valence-electron chi connectivity index (χ4n) is 1.01. The van der Waals surface area contributed by atoms with Crippen LogP contribution in [0.2, 0.25) is 54.1 Å². The molecule has 0 atom stereocenters. The van der Waals surface area contributed by atoms with E-state index in [2.05, 4.69) is 54.1 Å². The quantitative estimate of drug-likeness (QED) is 0.669. The number of hydrogen-bond acceptors (Lipinski definition) is 0. The Morgan fingerprint density at radius 3 is 0.846 bits per heavy atom. The van der Waals surface area contributed by atoms with Gasteiger partial charge in [0, 0.05) is 0 Å². The molecule has 0 aromatic carbocycles. The van der Waals surface area contributed by atoms with Gasteiger partial charge in [0.15, 0.2) is 0 Å². The third-order valence-corrected chi connectivity index (χ3v) is 6.04. The summed E-state index contributed by atoms with van der Waals surface area (Å²) >= 11 is -0.543. The normalized spacial score (nSPS) is 11.8. The second-order valence-electron chi connectivity index (χ2n) is 5.95. The number of hydrogen-bond donors (Lipinski definition) is 0. The standard InChI is InChI=1S/C6H18NSi2.3CH3.Sn/c1-8(2,3)7-9(4,5)6;;;;/h1-6H3;3*1H3;/q-1;;;;+1. The van der Waals surface area contributed by atoms with Gasteiger partial charge in [0.2, 0.25) is 0 Å². The van der Waals surface area contributed by atoms with E-state index in [0.29, 0.717) is 0 Å². The first kappa shape index (κ1) is 16.6. The summed E-state index contributed by atoms with van der Waals surface area (Å²) in [4.78, 5) is 7.09. The zero-order valence-electron chi connectivity index (χ0n) is 10.9. The summed E-state index contributed by atoms with van der Waals surface area (Å²) in [5.74, 6) is 0. The molecule has 0 rings (SSSR count). The molecule has 0 aromatic heterocycles. The Balaban J connectivity index is 0. The zero-order chi connectivity index (χ0) is 11.3. The molecular weight excluding hydrogens is 297 g/mol. The molecule has 0 N–H and O–H groups in total. The van der Waals surface area contributed by atoms with Crippen molar-refractivity contribution < 1.29 is 0 Å². The van der Waals surface area contributed by atoms with Gasteiger partial charge in [-0.25, -0.2) is 0 Å². The van der Waals surface area contributed by atoms with Crippen LogP contribution in [0.3, 0.4) is 0 Å². The molecule has 0 aliphatic carbocycles. The fourth-order valence-corrected chi connectivity index (χ4v) is 9.06. The van der Waals surface area contributed by atoms with Gasteiger partial charge in [-0.2, -0.15) is 0 Å². The van der Waals surface area contributed by atoms with Gasteiger partial charge in [0.1, 0.15) is 0 Å². The van der Waals surface area contributed by atoms with Gasteiger partial charge in [0.05, 0.1) is 0 Å². The average molecular weight is 324 g/mol. The number of nitrogens with zero attached hydrogens (tertiary/aromatic N) is 1. The van der Waals surface area contributed by atoms with Crippen LogP contribution in [0.4, 0.5) is 0 Å². The topological polar surface area (TPSA) is 14.1 Å². The van der Waals surface area contributed by atoms with Crippen LogP contribution in [0, 0.1) is 0 Å². The molecule has 0 aromatic rings. The zero-order valence-corrected chi connectivity index (χ0v) is 15.8. The van der Waals surface area contributed by atoms with E-state index in [4.69, 9.17) is 4.65 Å². The van der Waals surface area contributed by atoms with Crippen molar-refractivity contribution in [3.05, 3.63) is 4.65 Å². The molecule has 0 saturated heterocycles. The summed E-state index contributed by atoms with van der Waals surface area (Å²) in [5, 5.41) is 0. The van der Waals surface area contributed by atoms with E-state index in [1.165, 1.54) is 0 Å². The average Bonchev–Trinajstić information content (AvgIpc) is 1.47. The van der Waals surface area contributed by atoms with E-state index in [0.717, 1.165) is 0 Å². The van der Waals surface area contributed by atoms with E-state index >= 15 is 0 Å². The summed E-state index contributed by atoms with van der Waals surface area (Å²) in [6.45, 7) is 13.8. The van der Waals surface area contributed by atoms with Crippen molar-refractivity contribution in [1.82, 2.24) is 0 Å². The molecule has 0 bridgehead atoms. The van der Waals surface area contributed by atoms with Crippen molar-refractivity contribution in [1.29, 1.82) is 0 Å². The van der Waals surface area contributed by atoms with Crippen LogP contribution >= 0.6 is 0 Å². The van der Waals surface area contributed by atoms with Crippen LogP contribution < -0.4 is 0 Å². The van der Waals surface area contributed by atoms with Crippen molar-refractivity contribution in [2.24, 2.45) is 0 Å². The molecule has 0 radical (unpaired) electrons. The second kappa shape index (κ2) is 6.63. The van der Waals surface area contributed by atoms with Crippen molar-refractivity contribution >= 4 is 36.2 Å². The van der Waals surface area contributed by atoms with Crippen molar-refractivity contribution in [2.75, 3.05) is 0 Å². The first-order chi connectivity index (χ1) is 5.44. The van der Waals surface area contributed by atoms with Gasteiger partial charge in [0.25, 0.3) is 0 Å². The van der Waals surface area contributed by atoms with Gasteiger partial charge < -0.3 is 4.65 Å². The van der Waals surface area contributed by atoms with Crippen LogP contribution in [-0.4, -0.2) is 36.2 Å². The first-order valence-electron chi connectivity index (χ1n) is 4.95. The third-order valence-electron chi connectivity index (χ3n) is 0.671. The van der Waals surface area contributed by atoms with E-state index in [1.807, 2.05) is 0 Å². The fraction of sp³-hybridized carbons (Fsp3) is 1.00. The molecular formula is C9H27NSi2Sn. The Hall–Kier alpha value is 1.19. The predicted molar refractivity (Wildman–Crippen MR) is 73.4 cm³/mol. The van der Waals surface area contributed by atoms with Gasteiger partial charge in [-0.05, 0) is 0 Å². The van der Waals surface area contributed by atoms with Gasteiger partial charge in [-0.15, -0.1) is 0 Å². The van der Waals surface area contributed by atoms with Crippen molar-refractivity contribution in [2.45, 2.75) is 54.1 Å². The SMILES string of the molecule is C[Si](C)(C)[N-][Si](C)(C)C.[CH3][Sn+]([CH3])[CH3]. The van der Waals surface area contributed by atoms with Gasteiger partial charge in [-0.3, -0.25) is 0 Å². The Morgan fingerprint density at radius 2 is 0.846 bits per heavy atom. The maximum absolute atomic E-state index is 4.82. The van der Waals surface area contributed by atoms with E-state index < -0.39 is 36.2 Å². The molecule has 1 nitrogen and oxygen atoms in total. The Bertz CT molecular complexity index is 110. The minimum atomic E-state index is -1.11. The summed E-state index contributed by atoms with van der Waals surface area (Å²) in [5.41, 5.74) is 0. The minimum absolute atomic E-state index is 0.543. The monoisotopic (exact) mass is 325 g/mol. The van der Waals surface area contributed by atoms with Gasteiger partial charge >= 0.3 is 34.6 Å². The summed E-state index contributed by atoms with van der Waals surface area (Å²) in [7, 11) is -2.21. The van der Waals surface area contributed by atoms with Crippen LogP contribution in [0.25, 0.3) is 4.65 Å². The molecule has 0 fully saturated rings. The van der Waals surface area contributed by atoms with E-state index in [1.54, 1.807) is 0 Å². The second-order valence-corrected chi connectivity index (χ2v) is 24.1. The number of rotatable bonds is 2. The van der Waals surface area contributed by atoms with Crippen molar-refractivity contribution in [3.8, 4) is 0 Å². The van der Waals surface area contributed by atoms with Gasteiger partial charge in [-0.1, -0.05) is 55.8 Å². The Morgan fingerprint density at radius 1 is 0.692 bits per heavy atom. The maximum atomic E-state index is 4.82.